The van der Waals surface area contributed by atoms with Gasteiger partial charge < -0.3 is 10.2 Å². The molecule has 0 unspecified atom stereocenters. The summed E-state index contributed by atoms with van der Waals surface area (Å²) in [5.74, 6) is 6.34. The summed E-state index contributed by atoms with van der Waals surface area (Å²) in [4.78, 5) is 29.8. The quantitative estimate of drug-likeness (QED) is 0.421. The van der Waals surface area contributed by atoms with Gasteiger partial charge in [0.2, 0.25) is 0 Å². The number of aryl methyl sites for hydroxylation is 1. The van der Waals surface area contributed by atoms with E-state index in [0.29, 0.717) is 17.9 Å². The van der Waals surface area contributed by atoms with Crippen molar-refractivity contribution in [1.29, 1.82) is 0 Å². The molecule has 8 nitrogen and oxygen atoms in total. The summed E-state index contributed by atoms with van der Waals surface area (Å²) in [5, 5.41) is 12.2. The summed E-state index contributed by atoms with van der Waals surface area (Å²) < 4.78 is 3.43. The number of aromatic nitrogens is 4. The Kier molecular flexibility index (Phi) is 6.67. The van der Waals surface area contributed by atoms with Gasteiger partial charge in [-0.1, -0.05) is 42.2 Å². The maximum absolute atomic E-state index is 13.3. The van der Waals surface area contributed by atoms with Gasteiger partial charge >= 0.3 is 0 Å². The van der Waals surface area contributed by atoms with Crippen molar-refractivity contribution in [3.63, 3.8) is 0 Å². The first-order chi connectivity index (χ1) is 17.4. The fraction of sp³-hybridized carbons (Fsp3) is 0.231. The molecule has 0 saturated heterocycles. The molecule has 0 saturated carbocycles. The van der Waals surface area contributed by atoms with Crippen molar-refractivity contribution >= 4 is 39.9 Å². The number of anilines is 1. The molecule has 5 rings (SSSR count). The van der Waals surface area contributed by atoms with E-state index < -0.39 is 6.04 Å². The predicted molar refractivity (Wildman–Crippen MR) is 141 cm³/mol. The first kappa shape index (κ1) is 23.9. The number of nitrogens with one attached hydrogen (secondary N) is 1. The maximum Gasteiger partial charge on any atom is 0.255 e. The van der Waals surface area contributed by atoms with Crippen molar-refractivity contribution in [2.24, 2.45) is 7.05 Å². The van der Waals surface area contributed by atoms with E-state index in [1.807, 2.05) is 50.5 Å². The number of hydrogen-bond donors (Lipinski definition) is 1. The zero-order valence-electron chi connectivity index (χ0n) is 20.1. The Bertz CT molecular complexity index is 1490. The average molecular weight is 517 g/mol. The Morgan fingerprint density at radius 3 is 2.69 bits per heavy atom. The van der Waals surface area contributed by atoms with E-state index in [-0.39, 0.29) is 11.8 Å². The van der Waals surface area contributed by atoms with Crippen LogP contribution in [0, 0.1) is 18.8 Å². The van der Waals surface area contributed by atoms with Gasteiger partial charge in [0.25, 0.3) is 11.8 Å². The van der Waals surface area contributed by atoms with Crippen molar-refractivity contribution < 1.29 is 9.59 Å². The molecule has 3 aromatic heterocycles. The van der Waals surface area contributed by atoms with Crippen molar-refractivity contribution in [3.8, 4) is 11.8 Å². The zero-order valence-corrected chi connectivity index (χ0v) is 21.7. The van der Waals surface area contributed by atoms with E-state index in [9.17, 15) is 9.59 Å². The first-order valence-electron chi connectivity index (χ1n) is 11.3. The molecular formula is C26H24N6O2S2. The van der Waals surface area contributed by atoms with Gasteiger partial charge in [0.05, 0.1) is 34.9 Å². The second kappa shape index (κ2) is 10.0. The van der Waals surface area contributed by atoms with E-state index in [0.717, 1.165) is 31.5 Å². The summed E-state index contributed by atoms with van der Waals surface area (Å²) in [6.07, 6.45) is 6.83. The van der Waals surface area contributed by atoms with Crippen molar-refractivity contribution in [3.05, 3.63) is 82.3 Å². The fourth-order valence-electron chi connectivity index (χ4n) is 3.86. The lowest BCUT2D eigenvalue weighted by Gasteiger charge is -2.20. The van der Waals surface area contributed by atoms with Crippen molar-refractivity contribution in [1.82, 2.24) is 24.9 Å². The third kappa shape index (κ3) is 4.94. The molecule has 1 atom stereocenters. The largest absolute Gasteiger partial charge is 0.339 e. The van der Waals surface area contributed by atoms with Crippen LogP contribution >= 0.6 is 23.1 Å². The second-order valence-electron chi connectivity index (χ2n) is 8.49. The molecular weight excluding hydrogens is 492 g/mol. The highest BCUT2D eigenvalue weighted by Gasteiger charge is 2.33. The summed E-state index contributed by atoms with van der Waals surface area (Å²) >= 11 is 3.06. The Morgan fingerprint density at radius 2 is 1.94 bits per heavy atom. The number of thioether (sulfide) groups is 1. The highest BCUT2D eigenvalue weighted by Crippen LogP contribution is 2.43. The molecule has 36 heavy (non-hydrogen) atoms. The van der Waals surface area contributed by atoms with Crippen LogP contribution in [0.25, 0.3) is 0 Å². The van der Waals surface area contributed by atoms with Crippen LogP contribution in [0.1, 0.15) is 31.9 Å². The highest BCUT2D eigenvalue weighted by molar-refractivity contribution is 7.99. The number of carbonyl (C=O) groups excluding carboxylic acids is 2. The van der Waals surface area contributed by atoms with Gasteiger partial charge in [-0.25, -0.2) is 0 Å². The van der Waals surface area contributed by atoms with E-state index in [1.165, 1.54) is 17.5 Å². The minimum Gasteiger partial charge on any atom is -0.339 e. The predicted octanol–water partition coefficient (Wildman–Crippen LogP) is 3.30. The molecule has 1 aliphatic heterocycles. The minimum absolute atomic E-state index is 0.153. The first-order valence-corrected chi connectivity index (χ1v) is 13.1. The molecule has 10 heteroatoms. The van der Waals surface area contributed by atoms with Crippen LogP contribution in [0.2, 0.25) is 0 Å². The molecule has 4 heterocycles. The van der Waals surface area contributed by atoms with Gasteiger partial charge in [-0.2, -0.15) is 10.2 Å². The summed E-state index contributed by atoms with van der Waals surface area (Å²) in [5.41, 5.74) is 3.41. The maximum atomic E-state index is 13.3. The number of nitrogens with zero attached hydrogens (tertiary/aromatic N) is 5. The van der Waals surface area contributed by atoms with Crippen LogP contribution in [0.3, 0.4) is 0 Å². The molecule has 1 aromatic carbocycles. The number of likely N-dealkylation sites (N-methyl/N-ethyl adjacent to an activating group) is 1. The lowest BCUT2D eigenvalue weighted by molar-refractivity contribution is -0.119. The number of rotatable bonds is 4. The topological polar surface area (TPSA) is 85.0 Å². The number of carbonyl (C=O) groups is 2. The lowest BCUT2D eigenvalue weighted by atomic mass is 10.2. The Hall–Kier alpha value is -3.81. The molecule has 1 aliphatic rings. The van der Waals surface area contributed by atoms with Crippen LogP contribution in [-0.4, -0.2) is 50.2 Å². The smallest absolute Gasteiger partial charge is 0.255 e. The van der Waals surface area contributed by atoms with E-state index >= 15 is 0 Å². The van der Waals surface area contributed by atoms with Gasteiger partial charge in [0.15, 0.2) is 0 Å². The van der Waals surface area contributed by atoms with E-state index in [2.05, 4.69) is 27.4 Å². The van der Waals surface area contributed by atoms with Gasteiger partial charge in [-0.3, -0.25) is 19.0 Å². The number of amides is 2. The van der Waals surface area contributed by atoms with Gasteiger partial charge in [0, 0.05) is 37.1 Å². The Morgan fingerprint density at radius 1 is 1.14 bits per heavy atom. The highest BCUT2D eigenvalue weighted by atomic mass is 32.2. The normalized spacial score (nSPS) is 15.1. The van der Waals surface area contributed by atoms with Crippen LogP contribution in [0.4, 0.5) is 5.00 Å². The zero-order chi connectivity index (χ0) is 25.2. The summed E-state index contributed by atoms with van der Waals surface area (Å²) in [7, 11) is 3.60. The second-order valence-corrected chi connectivity index (χ2v) is 10.5. The monoisotopic (exact) mass is 516 g/mol. The Labute approximate surface area is 217 Å². The minimum atomic E-state index is -0.645. The fourth-order valence-corrected chi connectivity index (χ4v) is 6.39. The average Bonchev–Trinajstić information content (AvgIpc) is 3.57. The van der Waals surface area contributed by atoms with Crippen LogP contribution < -0.4 is 10.2 Å². The number of thiophene rings is 1. The van der Waals surface area contributed by atoms with Crippen molar-refractivity contribution in [2.45, 2.75) is 24.4 Å². The SMILES string of the molecule is Cc1c(C#Cc2cnn(C)c2)sc2c1SC[C@H](NC(=O)c1cnn(Cc3ccccc3)c1)C(=O)N2C. The lowest BCUT2D eigenvalue weighted by Crippen LogP contribution is -2.48. The third-order valence-corrected chi connectivity index (χ3v) is 8.52. The summed E-state index contributed by atoms with van der Waals surface area (Å²) in [6.45, 7) is 2.59. The molecule has 0 fully saturated rings. The Balaban J connectivity index is 1.28. The number of hydrogen-bond acceptors (Lipinski definition) is 6. The van der Waals surface area contributed by atoms with Crippen LogP contribution in [0.5, 0.6) is 0 Å². The van der Waals surface area contributed by atoms with Gasteiger partial charge in [-0.05, 0) is 18.1 Å². The van der Waals surface area contributed by atoms with E-state index in [4.69, 9.17) is 0 Å². The standard InChI is InChI=1S/C26H24N6O2S2/c1-17-22(10-9-19-11-27-30(2)13-19)36-26-23(17)35-16-21(25(34)31(26)3)29-24(33)20-12-28-32(15-20)14-18-7-5-4-6-8-18/h4-8,11-13,15,21H,14,16H2,1-3H3,(H,29,33)/t21-/m0/s1. The molecule has 1 N–H and O–H groups in total. The third-order valence-electron chi connectivity index (χ3n) is 5.82. The molecule has 4 aromatic rings. The van der Waals surface area contributed by atoms with E-state index in [1.54, 1.807) is 45.5 Å². The van der Waals surface area contributed by atoms with Gasteiger partial charge in [0.1, 0.15) is 11.0 Å². The summed E-state index contributed by atoms with van der Waals surface area (Å²) in [6, 6.07) is 9.27. The molecule has 0 aliphatic carbocycles. The molecule has 0 spiro atoms. The van der Waals surface area contributed by atoms with Gasteiger partial charge in [-0.15, -0.1) is 23.1 Å². The molecule has 0 bridgehead atoms. The number of fused-ring (bicyclic) bond motifs is 1. The molecule has 182 valence electrons. The van der Waals surface area contributed by atoms with Crippen LogP contribution in [0.15, 0.2) is 60.0 Å². The number of benzene rings is 1. The van der Waals surface area contributed by atoms with Crippen LogP contribution in [-0.2, 0) is 18.4 Å². The molecule has 2 amide bonds. The molecule has 0 radical (unpaired) electrons. The van der Waals surface area contributed by atoms with Crippen molar-refractivity contribution in [2.75, 3.05) is 17.7 Å².